The fourth-order valence-electron chi connectivity index (χ4n) is 1.31. The van der Waals surface area contributed by atoms with E-state index < -0.39 is 0 Å². The minimum Gasteiger partial charge on any atom is -0.346 e. The van der Waals surface area contributed by atoms with Gasteiger partial charge in [-0.2, -0.15) is 6.92 Å². The fraction of sp³-hybridized carbons (Fsp3) is 0.900. The zero-order valence-electron chi connectivity index (χ0n) is 9.15. The van der Waals surface area contributed by atoms with Gasteiger partial charge in [-0.1, -0.05) is 13.8 Å². The van der Waals surface area contributed by atoms with Gasteiger partial charge in [-0.25, -0.2) is 0 Å². The van der Waals surface area contributed by atoms with Gasteiger partial charge in [-0.15, -0.1) is 0 Å². The molecule has 2 aliphatic rings. The minimum absolute atomic E-state index is 0. The molecule has 0 bridgehead atoms. The second-order valence-electron chi connectivity index (χ2n) is 2.88. The molecular formula is C10H23N2W-. The maximum absolute atomic E-state index is 3.51. The predicted octanol–water partition coefficient (Wildman–Crippen LogP) is 1.58. The summed E-state index contributed by atoms with van der Waals surface area (Å²) >= 11 is 0. The van der Waals surface area contributed by atoms with Crippen LogP contribution in [0, 0.1) is 6.92 Å². The van der Waals surface area contributed by atoms with Crippen molar-refractivity contribution in [1.82, 2.24) is 10.6 Å². The first kappa shape index (κ1) is 16.1. The van der Waals surface area contributed by atoms with E-state index in [0.29, 0.717) is 5.54 Å². The molecule has 1 aliphatic heterocycles. The first-order valence-corrected chi connectivity index (χ1v) is 5.08. The molecule has 0 aromatic carbocycles. The minimum atomic E-state index is 0. The van der Waals surface area contributed by atoms with Gasteiger partial charge in [0.25, 0.3) is 0 Å². The third kappa shape index (κ3) is 5.82. The Balaban J connectivity index is 0. The van der Waals surface area contributed by atoms with E-state index >= 15 is 0 Å². The van der Waals surface area contributed by atoms with Gasteiger partial charge in [0, 0.05) is 46.2 Å². The zero-order chi connectivity index (χ0) is 9.45. The molecule has 1 aliphatic carbocycles. The van der Waals surface area contributed by atoms with Crippen LogP contribution >= 0.6 is 0 Å². The van der Waals surface area contributed by atoms with Crippen molar-refractivity contribution >= 4 is 0 Å². The van der Waals surface area contributed by atoms with E-state index in [9.17, 15) is 0 Å². The Morgan fingerprint density at radius 2 is 1.62 bits per heavy atom. The molecule has 0 aromatic rings. The van der Waals surface area contributed by atoms with E-state index in [4.69, 9.17) is 0 Å². The van der Waals surface area contributed by atoms with Crippen molar-refractivity contribution in [1.29, 1.82) is 0 Å². The molecule has 1 heterocycles. The summed E-state index contributed by atoms with van der Waals surface area (Å²) in [5.41, 5.74) is 0.568. The van der Waals surface area contributed by atoms with Crippen LogP contribution in [0.4, 0.5) is 0 Å². The summed E-state index contributed by atoms with van der Waals surface area (Å²) in [5.74, 6) is 0. The van der Waals surface area contributed by atoms with Crippen LogP contribution in [-0.2, 0) is 21.1 Å². The molecule has 2 nitrogen and oxygen atoms in total. The van der Waals surface area contributed by atoms with Crippen LogP contribution in [0.15, 0.2) is 0 Å². The summed E-state index contributed by atoms with van der Waals surface area (Å²) in [6.45, 7) is 12.5. The van der Waals surface area contributed by atoms with Crippen LogP contribution in [-0.4, -0.2) is 25.2 Å². The van der Waals surface area contributed by atoms with Gasteiger partial charge in [0.2, 0.25) is 0 Å². The molecule has 0 unspecified atom stereocenters. The Morgan fingerprint density at radius 3 is 1.85 bits per heavy atom. The molecule has 2 fully saturated rings. The molecule has 1 spiro atoms. The first-order chi connectivity index (χ1) is 5.91. The zero-order valence-corrected chi connectivity index (χ0v) is 12.1. The molecule has 0 amide bonds. The third-order valence-corrected chi connectivity index (χ3v) is 2.12. The van der Waals surface area contributed by atoms with Crippen molar-refractivity contribution in [2.24, 2.45) is 0 Å². The molecule has 0 atom stereocenters. The molecule has 1 saturated carbocycles. The maximum atomic E-state index is 3.51. The van der Waals surface area contributed by atoms with Crippen LogP contribution in [0.1, 0.15) is 33.6 Å². The van der Waals surface area contributed by atoms with Crippen molar-refractivity contribution < 1.29 is 21.1 Å². The molecule has 80 valence electrons. The van der Waals surface area contributed by atoms with Crippen LogP contribution in [0.25, 0.3) is 0 Å². The number of rotatable bonds is 0. The van der Waals surface area contributed by atoms with Crippen LogP contribution in [0.2, 0.25) is 0 Å². The summed E-state index contributed by atoms with van der Waals surface area (Å²) in [7, 11) is 0. The van der Waals surface area contributed by atoms with Gasteiger partial charge >= 0.3 is 0 Å². The van der Waals surface area contributed by atoms with Crippen LogP contribution < -0.4 is 10.6 Å². The summed E-state index contributed by atoms with van der Waals surface area (Å²) in [4.78, 5) is 0. The molecular weight excluding hydrogens is 332 g/mol. The van der Waals surface area contributed by atoms with Crippen molar-refractivity contribution in [2.75, 3.05) is 19.6 Å². The Kier molecular flexibility index (Phi) is 11.3. The van der Waals surface area contributed by atoms with Crippen LogP contribution in [0.5, 0.6) is 0 Å². The number of piperazine rings is 1. The molecule has 13 heavy (non-hydrogen) atoms. The number of hydrogen-bond donors (Lipinski definition) is 2. The third-order valence-electron chi connectivity index (χ3n) is 2.12. The summed E-state index contributed by atoms with van der Waals surface area (Å²) < 4.78 is 0. The first-order valence-electron chi connectivity index (χ1n) is 5.08. The predicted molar refractivity (Wildman–Crippen MR) is 55.2 cm³/mol. The maximum Gasteiger partial charge on any atom is 0.0308 e. The molecule has 2 N–H and O–H groups in total. The van der Waals surface area contributed by atoms with Gasteiger partial charge in [-0.3, -0.25) is 0 Å². The average Bonchev–Trinajstić information content (AvgIpc) is 2.93. The standard InChI is InChI=1S/C6H12N2.C2H6.C2H5.W/c1-2-6(1)5-7-3-4-8-6;2*1-2;/h7-8H,1-5H2;1-2H3;1H2,2H3;/q;;-1;. The Hall–Kier alpha value is 0.608. The smallest absolute Gasteiger partial charge is 0.0308 e. The SMILES string of the molecule is C1CNC2(CC2)CN1.CC.[CH2-]C.[W]. The van der Waals surface area contributed by atoms with Gasteiger partial charge in [0.1, 0.15) is 0 Å². The monoisotopic (exact) mass is 355 g/mol. The van der Waals surface area contributed by atoms with E-state index in [-0.39, 0.29) is 21.1 Å². The fourth-order valence-corrected chi connectivity index (χ4v) is 1.31. The molecule has 1 saturated heterocycles. The van der Waals surface area contributed by atoms with Gasteiger partial charge in [0.05, 0.1) is 0 Å². The molecule has 3 heteroatoms. The van der Waals surface area contributed by atoms with E-state index in [0.717, 1.165) is 6.54 Å². The van der Waals surface area contributed by atoms with Crippen molar-refractivity contribution in [3.05, 3.63) is 6.92 Å². The Morgan fingerprint density at radius 1 is 1.08 bits per heavy atom. The van der Waals surface area contributed by atoms with E-state index in [1.165, 1.54) is 25.9 Å². The topological polar surface area (TPSA) is 24.1 Å². The second kappa shape index (κ2) is 9.17. The van der Waals surface area contributed by atoms with E-state index in [1.54, 1.807) is 6.92 Å². The molecule has 0 aromatic heterocycles. The largest absolute Gasteiger partial charge is 0.346 e. The van der Waals surface area contributed by atoms with Crippen LogP contribution in [0.3, 0.4) is 0 Å². The van der Waals surface area contributed by atoms with Crippen molar-refractivity contribution in [3.63, 3.8) is 0 Å². The molecule has 2 rings (SSSR count). The Labute approximate surface area is 97.5 Å². The Bertz CT molecular complexity index is 95.1. The second-order valence-corrected chi connectivity index (χ2v) is 2.88. The number of nitrogens with one attached hydrogen (secondary N) is 2. The quantitative estimate of drug-likeness (QED) is 0.645. The summed E-state index contributed by atoms with van der Waals surface area (Å²) in [6.07, 6.45) is 2.78. The number of hydrogen-bond acceptors (Lipinski definition) is 2. The van der Waals surface area contributed by atoms with Crippen molar-refractivity contribution in [3.8, 4) is 0 Å². The normalized spacial score (nSPS) is 21.2. The molecule has 0 radical (unpaired) electrons. The average molecular weight is 355 g/mol. The van der Waals surface area contributed by atoms with E-state index in [2.05, 4.69) is 17.6 Å². The summed E-state index contributed by atoms with van der Waals surface area (Å²) in [5, 5.41) is 6.88. The van der Waals surface area contributed by atoms with Gasteiger partial charge in [-0.05, 0) is 12.8 Å². The summed E-state index contributed by atoms with van der Waals surface area (Å²) in [6, 6.07) is 0. The van der Waals surface area contributed by atoms with Crippen molar-refractivity contribution in [2.45, 2.75) is 39.2 Å². The van der Waals surface area contributed by atoms with Gasteiger partial charge < -0.3 is 17.6 Å². The van der Waals surface area contributed by atoms with E-state index in [1.807, 2.05) is 13.8 Å². The van der Waals surface area contributed by atoms with Gasteiger partial charge in [0.15, 0.2) is 0 Å².